The predicted octanol–water partition coefficient (Wildman–Crippen LogP) is 3.31. The Morgan fingerprint density at radius 2 is 1.67 bits per heavy atom. The molecule has 21 heavy (non-hydrogen) atoms. The smallest absolute Gasteiger partial charge is 0.252 e. The molecule has 0 saturated heterocycles. The van der Waals surface area contributed by atoms with Crippen LogP contribution in [0.2, 0.25) is 0 Å². The molecule has 0 unspecified atom stereocenters. The minimum absolute atomic E-state index is 0.267. The Morgan fingerprint density at radius 3 is 2.48 bits per heavy atom. The van der Waals surface area contributed by atoms with Crippen molar-refractivity contribution in [2.45, 2.75) is 0 Å². The van der Waals surface area contributed by atoms with E-state index in [9.17, 15) is 4.79 Å². The van der Waals surface area contributed by atoms with E-state index in [2.05, 4.69) is 0 Å². The van der Waals surface area contributed by atoms with Crippen LogP contribution in [-0.2, 0) is 0 Å². The summed E-state index contributed by atoms with van der Waals surface area (Å²) in [7, 11) is 0. The molecule has 104 valence electrons. The highest BCUT2D eigenvalue weighted by atomic mass is 16.5. The van der Waals surface area contributed by atoms with Gasteiger partial charge in [0.05, 0.1) is 5.56 Å². The second-order valence-electron chi connectivity index (χ2n) is 4.70. The van der Waals surface area contributed by atoms with Crippen LogP contribution >= 0.6 is 0 Å². The van der Waals surface area contributed by atoms with Gasteiger partial charge < -0.3 is 16.2 Å². The van der Waals surface area contributed by atoms with E-state index in [1.54, 1.807) is 12.1 Å². The van der Waals surface area contributed by atoms with Crippen molar-refractivity contribution in [1.82, 2.24) is 0 Å². The molecule has 4 N–H and O–H groups in total. The van der Waals surface area contributed by atoms with Crippen molar-refractivity contribution in [3.8, 4) is 11.5 Å². The van der Waals surface area contributed by atoms with Gasteiger partial charge in [-0.2, -0.15) is 0 Å². The van der Waals surface area contributed by atoms with Gasteiger partial charge in [-0.1, -0.05) is 36.4 Å². The lowest BCUT2D eigenvalue weighted by molar-refractivity contribution is 0.0998. The van der Waals surface area contributed by atoms with Gasteiger partial charge in [0.15, 0.2) is 0 Å². The van der Waals surface area contributed by atoms with Crippen LogP contribution in [0.4, 0.5) is 5.69 Å². The number of anilines is 1. The molecule has 1 amide bonds. The number of fused-ring (bicyclic) bond motifs is 1. The largest absolute Gasteiger partial charge is 0.456 e. The van der Waals surface area contributed by atoms with E-state index in [1.807, 2.05) is 42.5 Å². The number of hydrogen-bond acceptors (Lipinski definition) is 3. The fourth-order valence-electron chi connectivity index (χ4n) is 2.23. The summed E-state index contributed by atoms with van der Waals surface area (Å²) < 4.78 is 5.88. The molecule has 0 saturated carbocycles. The molecule has 0 heterocycles. The van der Waals surface area contributed by atoms with Crippen molar-refractivity contribution in [3.05, 3.63) is 66.2 Å². The third-order valence-corrected chi connectivity index (χ3v) is 3.24. The van der Waals surface area contributed by atoms with Gasteiger partial charge in [-0.15, -0.1) is 0 Å². The van der Waals surface area contributed by atoms with Gasteiger partial charge in [0.2, 0.25) is 0 Å². The van der Waals surface area contributed by atoms with Crippen LogP contribution in [0.25, 0.3) is 10.8 Å². The topological polar surface area (TPSA) is 78.3 Å². The van der Waals surface area contributed by atoms with Gasteiger partial charge in [-0.05, 0) is 29.7 Å². The molecule has 0 spiro atoms. The SMILES string of the molecule is NC(=O)c1cc(N)ccc1Oc1cccc2ccccc12. The normalized spacial score (nSPS) is 10.5. The standard InChI is InChI=1S/C17H14N2O2/c18-12-8-9-16(14(10-12)17(19)20)21-15-7-3-5-11-4-1-2-6-13(11)15/h1-10H,18H2,(H2,19,20). The predicted molar refractivity (Wildman–Crippen MR) is 83.4 cm³/mol. The minimum Gasteiger partial charge on any atom is -0.456 e. The van der Waals surface area contributed by atoms with E-state index in [0.717, 1.165) is 10.8 Å². The maximum absolute atomic E-state index is 11.5. The third-order valence-electron chi connectivity index (χ3n) is 3.24. The average Bonchev–Trinajstić information content (AvgIpc) is 2.49. The highest BCUT2D eigenvalue weighted by Gasteiger charge is 2.12. The molecule has 0 bridgehead atoms. The second kappa shape index (κ2) is 5.17. The van der Waals surface area contributed by atoms with E-state index in [0.29, 0.717) is 17.2 Å². The summed E-state index contributed by atoms with van der Waals surface area (Å²) in [6, 6.07) is 18.5. The molecule has 3 rings (SSSR count). The van der Waals surface area contributed by atoms with Gasteiger partial charge in [0, 0.05) is 11.1 Å². The van der Waals surface area contributed by atoms with Crippen molar-refractivity contribution in [2.24, 2.45) is 5.73 Å². The Labute approximate surface area is 121 Å². The zero-order valence-corrected chi connectivity index (χ0v) is 11.2. The van der Waals surface area contributed by atoms with Gasteiger partial charge >= 0.3 is 0 Å². The molecule has 3 aromatic carbocycles. The second-order valence-corrected chi connectivity index (χ2v) is 4.70. The molecule has 0 atom stereocenters. The maximum atomic E-state index is 11.5. The molecule has 3 aromatic rings. The molecule has 0 aromatic heterocycles. The first-order valence-electron chi connectivity index (χ1n) is 6.50. The molecule has 0 aliphatic heterocycles. The van der Waals surface area contributed by atoms with Gasteiger partial charge in [-0.3, -0.25) is 4.79 Å². The lowest BCUT2D eigenvalue weighted by Crippen LogP contribution is -2.12. The Kier molecular flexibility index (Phi) is 3.20. The van der Waals surface area contributed by atoms with Gasteiger partial charge in [0.25, 0.3) is 5.91 Å². The molecular weight excluding hydrogens is 264 g/mol. The Morgan fingerprint density at radius 1 is 0.905 bits per heavy atom. The van der Waals surface area contributed by atoms with Gasteiger partial charge in [-0.25, -0.2) is 0 Å². The molecular formula is C17H14N2O2. The molecule has 0 aliphatic carbocycles. The number of carbonyl (C=O) groups excluding carboxylic acids is 1. The number of ether oxygens (including phenoxy) is 1. The average molecular weight is 278 g/mol. The monoisotopic (exact) mass is 278 g/mol. The quantitative estimate of drug-likeness (QED) is 0.721. The molecule has 4 heteroatoms. The van der Waals surface area contributed by atoms with E-state index in [4.69, 9.17) is 16.2 Å². The minimum atomic E-state index is -0.572. The summed E-state index contributed by atoms with van der Waals surface area (Å²) in [5.74, 6) is 0.492. The number of primary amides is 1. The molecule has 4 nitrogen and oxygen atoms in total. The zero-order valence-electron chi connectivity index (χ0n) is 11.2. The fourth-order valence-corrected chi connectivity index (χ4v) is 2.23. The summed E-state index contributed by atoms with van der Waals surface area (Å²) in [6.07, 6.45) is 0. The lowest BCUT2D eigenvalue weighted by atomic mass is 10.1. The maximum Gasteiger partial charge on any atom is 0.252 e. The summed E-state index contributed by atoms with van der Waals surface area (Å²) >= 11 is 0. The summed E-state index contributed by atoms with van der Waals surface area (Å²) in [4.78, 5) is 11.5. The first-order valence-corrected chi connectivity index (χ1v) is 6.50. The number of nitrogens with two attached hydrogens (primary N) is 2. The molecule has 0 aliphatic rings. The van der Waals surface area contributed by atoms with Crippen LogP contribution in [0, 0.1) is 0 Å². The van der Waals surface area contributed by atoms with Crippen molar-refractivity contribution < 1.29 is 9.53 Å². The summed E-state index contributed by atoms with van der Waals surface area (Å²) in [5.41, 5.74) is 11.8. The van der Waals surface area contributed by atoms with Crippen LogP contribution in [-0.4, -0.2) is 5.91 Å². The van der Waals surface area contributed by atoms with Crippen LogP contribution in [0.3, 0.4) is 0 Å². The third kappa shape index (κ3) is 2.51. The molecule has 0 radical (unpaired) electrons. The highest BCUT2D eigenvalue weighted by molar-refractivity contribution is 5.97. The van der Waals surface area contributed by atoms with Crippen molar-refractivity contribution >= 4 is 22.4 Å². The lowest BCUT2D eigenvalue weighted by Gasteiger charge is -2.12. The number of nitrogen functional groups attached to an aromatic ring is 1. The number of rotatable bonds is 3. The first kappa shape index (κ1) is 13.0. The Bertz CT molecular complexity index is 823. The number of benzene rings is 3. The highest BCUT2D eigenvalue weighted by Crippen LogP contribution is 2.32. The van der Waals surface area contributed by atoms with Crippen LogP contribution in [0.1, 0.15) is 10.4 Å². The van der Waals surface area contributed by atoms with E-state index in [-0.39, 0.29) is 5.56 Å². The van der Waals surface area contributed by atoms with E-state index in [1.165, 1.54) is 6.07 Å². The van der Waals surface area contributed by atoms with Crippen LogP contribution in [0.5, 0.6) is 11.5 Å². The number of carbonyl (C=O) groups is 1. The number of amides is 1. The van der Waals surface area contributed by atoms with E-state index < -0.39 is 5.91 Å². The zero-order chi connectivity index (χ0) is 14.8. The molecule has 0 fully saturated rings. The van der Waals surface area contributed by atoms with E-state index >= 15 is 0 Å². The fraction of sp³-hybridized carbons (Fsp3) is 0. The summed E-state index contributed by atoms with van der Waals surface area (Å²) in [5, 5.41) is 2.03. The van der Waals surface area contributed by atoms with Crippen LogP contribution < -0.4 is 16.2 Å². The van der Waals surface area contributed by atoms with Crippen LogP contribution in [0.15, 0.2) is 60.7 Å². The number of hydrogen-bond donors (Lipinski definition) is 2. The van der Waals surface area contributed by atoms with Gasteiger partial charge in [0.1, 0.15) is 11.5 Å². The summed E-state index contributed by atoms with van der Waals surface area (Å²) in [6.45, 7) is 0. The van der Waals surface area contributed by atoms with Crippen molar-refractivity contribution in [1.29, 1.82) is 0 Å². The van der Waals surface area contributed by atoms with Crippen molar-refractivity contribution in [3.63, 3.8) is 0 Å². The first-order chi connectivity index (χ1) is 10.1. The van der Waals surface area contributed by atoms with Crippen molar-refractivity contribution in [2.75, 3.05) is 5.73 Å². The Balaban J connectivity index is 2.09. The Hall–Kier alpha value is -3.01.